The number of likely N-dealkylation sites (tertiary alicyclic amines) is 1. The molecule has 43 heavy (non-hydrogen) atoms. The van der Waals surface area contributed by atoms with E-state index in [9.17, 15) is 14.7 Å². The van der Waals surface area contributed by atoms with Gasteiger partial charge in [-0.15, -0.1) is 0 Å². The SMILES string of the molecule is CCCCCCCCCCCCCCCCN1C(=O)C(=O)/C(=C(\O)c2ccc(OC)cc2)C1c1ccc(OC)c(OC)c1. The summed E-state index contributed by atoms with van der Waals surface area (Å²) in [4.78, 5) is 28.3. The minimum Gasteiger partial charge on any atom is -0.507 e. The van der Waals surface area contributed by atoms with E-state index in [2.05, 4.69) is 6.92 Å². The Morgan fingerprint density at radius 1 is 0.698 bits per heavy atom. The third-order valence-electron chi connectivity index (χ3n) is 8.38. The van der Waals surface area contributed by atoms with Gasteiger partial charge in [-0.1, -0.05) is 96.5 Å². The second-order valence-electron chi connectivity index (χ2n) is 11.4. The highest BCUT2D eigenvalue weighted by atomic mass is 16.5. The first kappa shape index (κ1) is 34.0. The zero-order chi connectivity index (χ0) is 31.0. The van der Waals surface area contributed by atoms with Crippen LogP contribution in [-0.4, -0.2) is 49.6 Å². The van der Waals surface area contributed by atoms with Crippen molar-refractivity contribution >= 4 is 17.4 Å². The molecule has 0 bridgehead atoms. The van der Waals surface area contributed by atoms with Gasteiger partial charge in [-0.3, -0.25) is 9.59 Å². The third kappa shape index (κ3) is 9.50. The smallest absolute Gasteiger partial charge is 0.295 e. The molecule has 7 heteroatoms. The number of Topliss-reactive ketones (excluding diaryl/α,β-unsaturated/α-hetero) is 1. The average molecular weight is 594 g/mol. The van der Waals surface area contributed by atoms with Gasteiger partial charge in [-0.2, -0.15) is 0 Å². The maximum Gasteiger partial charge on any atom is 0.295 e. The van der Waals surface area contributed by atoms with Crippen molar-refractivity contribution in [1.82, 2.24) is 4.90 Å². The van der Waals surface area contributed by atoms with Crippen LogP contribution in [-0.2, 0) is 9.59 Å². The van der Waals surface area contributed by atoms with E-state index in [1.54, 1.807) is 62.6 Å². The Labute approximate surface area is 258 Å². The fourth-order valence-electron chi connectivity index (χ4n) is 5.86. The van der Waals surface area contributed by atoms with Gasteiger partial charge in [0.15, 0.2) is 11.5 Å². The summed E-state index contributed by atoms with van der Waals surface area (Å²) < 4.78 is 16.1. The van der Waals surface area contributed by atoms with E-state index in [0.717, 1.165) is 19.3 Å². The van der Waals surface area contributed by atoms with Crippen LogP contribution in [0.1, 0.15) is 114 Å². The standard InChI is InChI=1S/C36H51NO6/c1-5-6-7-8-9-10-11-12-13-14-15-16-17-18-25-37-33(28-21-24-30(42-3)31(26-28)43-4)32(35(39)36(37)40)34(38)27-19-22-29(41-2)23-20-27/h19-24,26,33,38H,5-18,25H2,1-4H3/b34-32-. The van der Waals surface area contributed by atoms with Gasteiger partial charge < -0.3 is 24.2 Å². The molecular formula is C36H51NO6. The topological polar surface area (TPSA) is 85.3 Å². The van der Waals surface area contributed by atoms with Gasteiger partial charge in [0.25, 0.3) is 11.7 Å². The largest absolute Gasteiger partial charge is 0.507 e. The second kappa shape index (κ2) is 18.2. The van der Waals surface area contributed by atoms with Gasteiger partial charge in [0.05, 0.1) is 32.9 Å². The number of nitrogens with zero attached hydrogens (tertiary/aromatic N) is 1. The molecule has 0 saturated carbocycles. The number of hydrogen-bond donors (Lipinski definition) is 1. The Morgan fingerprint density at radius 2 is 1.23 bits per heavy atom. The second-order valence-corrected chi connectivity index (χ2v) is 11.4. The summed E-state index contributed by atoms with van der Waals surface area (Å²) in [5, 5.41) is 11.3. The molecule has 1 atom stereocenters. The molecule has 1 N–H and O–H groups in total. The van der Waals surface area contributed by atoms with Crippen LogP contribution in [0.4, 0.5) is 0 Å². The summed E-state index contributed by atoms with van der Waals surface area (Å²) in [7, 11) is 4.67. The summed E-state index contributed by atoms with van der Waals surface area (Å²) in [6, 6.07) is 11.4. The minimum absolute atomic E-state index is 0.0766. The van der Waals surface area contributed by atoms with Crippen LogP contribution in [0.15, 0.2) is 48.0 Å². The number of aliphatic hydroxyl groups excluding tert-OH is 1. The van der Waals surface area contributed by atoms with Gasteiger partial charge in [0.2, 0.25) is 0 Å². The summed E-state index contributed by atoms with van der Waals surface area (Å²) in [5.41, 5.74) is 1.20. The van der Waals surface area contributed by atoms with Crippen LogP contribution in [0.5, 0.6) is 17.2 Å². The zero-order valence-corrected chi connectivity index (χ0v) is 26.7. The quantitative estimate of drug-likeness (QED) is 0.0716. The highest BCUT2D eigenvalue weighted by Gasteiger charge is 2.46. The number of methoxy groups -OCH3 is 3. The van der Waals surface area contributed by atoms with E-state index in [0.29, 0.717) is 34.9 Å². The molecule has 1 fully saturated rings. The zero-order valence-electron chi connectivity index (χ0n) is 26.7. The fourth-order valence-corrected chi connectivity index (χ4v) is 5.86. The van der Waals surface area contributed by atoms with Gasteiger partial charge in [-0.25, -0.2) is 0 Å². The highest BCUT2D eigenvalue weighted by molar-refractivity contribution is 6.46. The number of ether oxygens (including phenoxy) is 3. The molecule has 0 aromatic heterocycles. The van der Waals surface area contributed by atoms with Crippen LogP contribution in [0, 0.1) is 0 Å². The van der Waals surface area contributed by atoms with Gasteiger partial charge in [0.1, 0.15) is 11.5 Å². The van der Waals surface area contributed by atoms with E-state index in [-0.39, 0.29) is 11.3 Å². The summed E-state index contributed by atoms with van der Waals surface area (Å²) in [5.74, 6) is 0.190. The van der Waals surface area contributed by atoms with Crippen LogP contribution < -0.4 is 14.2 Å². The number of unbranched alkanes of at least 4 members (excludes halogenated alkanes) is 13. The third-order valence-corrected chi connectivity index (χ3v) is 8.38. The van der Waals surface area contributed by atoms with E-state index in [4.69, 9.17) is 14.2 Å². The average Bonchev–Trinajstić information content (AvgIpc) is 3.29. The van der Waals surface area contributed by atoms with Crippen LogP contribution in [0.25, 0.3) is 5.76 Å². The Bertz CT molecular complexity index is 1190. The fraction of sp³-hybridized carbons (Fsp3) is 0.556. The molecule has 0 radical (unpaired) electrons. The highest BCUT2D eigenvalue weighted by Crippen LogP contribution is 2.42. The molecule has 1 heterocycles. The molecule has 1 unspecified atom stereocenters. The van der Waals surface area contributed by atoms with Crippen molar-refractivity contribution in [1.29, 1.82) is 0 Å². The Hall–Kier alpha value is -3.48. The Kier molecular flexibility index (Phi) is 14.4. The maximum atomic E-state index is 13.4. The number of hydrogen-bond acceptors (Lipinski definition) is 6. The van der Waals surface area contributed by atoms with E-state index in [1.165, 1.54) is 70.6 Å². The summed E-state index contributed by atoms with van der Waals surface area (Å²) >= 11 is 0. The maximum absolute atomic E-state index is 13.4. The predicted octanol–water partition coefficient (Wildman–Crippen LogP) is 8.62. The molecule has 7 nitrogen and oxygen atoms in total. The van der Waals surface area contributed by atoms with Crippen molar-refractivity contribution in [3.05, 3.63) is 59.2 Å². The minimum atomic E-state index is -0.733. The number of rotatable bonds is 20. The lowest BCUT2D eigenvalue weighted by Gasteiger charge is -2.26. The first-order valence-corrected chi connectivity index (χ1v) is 16.1. The lowest BCUT2D eigenvalue weighted by Crippen LogP contribution is -2.30. The van der Waals surface area contributed by atoms with Gasteiger partial charge >= 0.3 is 0 Å². The van der Waals surface area contributed by atoms with Crippen molar-refractivity contribution in [2.45, 2.75) is 103 Å². The number of carbonyl (C=O) groups is 2. The molecule has 0 aliphatic carbocycles. The van der Waals surface area contributed by atoms with Crippen molar-refractivity contribution in [3.63, 3.8) is 0 Å². The van der Waals surface area contributed by atoms with Crippen molar-refractivity contribution < 1.29 is 28.9 Å². The Balaban J connectivity index is 1.63. The number of ketones is 1. The lowest BCUT2D eigenvalue weighted by molar-refractivity contribution is -0.139. The molecule has 2 aromatic rings. The molecule has 1 aliphatic rings. The monoisotopic (exact) mass is 593 g/mol. The number of carbonyl (C=O) groups excluding carboxylic acids is 2. The first-order valence-electron chi connectivity index (χ1n) is 16.1. The lowest BCUT2D eigenvalue weighted by atomic mass is 9.94. The first-order chi connectivity index (χ1) is 21.0. The predicted molar refractivity (Wildman–Crippen MR) is 172 cm³/mol. The number of benzene rings is 2. The van der Waals surface area contributed by atoms with Crippen molar-refractivity contribution in [2.24, 2.45) is 0 Å². The normalized spacial score (nSPS) is 16.1. The molecule has 1 saturated heterocycles. The molecule has 1 aliphatic heterocycles. The molecule has 3 rings (SSSR count). The summed E-state index contributed by atoms with van der Waals surface area (Å²) in [6.45, 7) is 2.69. The molecular weight excluding hydrogens is 542 g/mol. The van der Waals surface area contributed by atoms with E-state index < -0.39 is 17.7 Å². The number of amides is 1. The van der Waals surface area contributed by atoms with Crippen LogP contribution in [0.2, 0.25) is 0 Å². The molecule has 236 valence electrons. The van der Waals surface area contributed by atoms with Crippen LogP contribution in [0.3, 0.4) is 0 Å². The Morgan fingerprint density at radius 3 is 1.74 bits per heavy atom. The summed E-state index contributed by atoms with van der Waals surface area (Å²) in [6.07, 6.45) is 17.4. The van der Waals surface area contributed by atoms with Crippen molar-refractivity contribution in [2.75, 3.05) is 27.9 Å². The van der Waals surface area contributed by atoms with E-state index >= 15 is 0 Å². The van der Waals surface area contributed by atoms with Crippen LogP contribution >= 0.6 is 0 Å². The van der Waals surface area contributed by atoms with Gasteiger partial charge in [0, 0.05) is 12.1 Å². The van der Waals surface area contributed by atoms with Gasteiger partial charge in [-0.05, 0) is 48.4 Å². The number of aliphatic hydroxyl groups is 1. The van der Waals surface area contributed by atoms with Crippen molar-refractivity contribution in [3.8, 4) is 17.2 Å². The van der Waals surface area contributed by atoms with E-state index in [1.807, 2.05) is 6.07 Å². The molecule has 1 amide bonds. The molecule has 0 spiro atoms. The molecule has 2 aromatic carbocycles.